The van der Waals surface area contributed by atoms with Crippen LogP contribution in [0.15, 0.2) is 41.3 Å². The first-order valence-corrected chi connectivity index (χ1v) is 10.4. The Morgan fingerprint density at radius 1 is 1.16 bits per heavy atom. The van der Waals surface area contributed by atoms with Gasteiger partial charge >= 0.3 is 6.18 Å². The van der Waals surface area contributed by atoms with Crippen LogP contribution in [0, 0.1) is 0 Å². The third-order valence-corrected chi connectivity index (χ3v) is 5.57. The number of aryl methyl sites for hydroxylation is 1. The first-order chi connectivity index (χ1) is 15.2. The van der Waals surface area contributed by atoms with Gasteiger partial charge in [-0.25, -0.2) is 0 Å². The number of carbonyl (C=O) groups is 1. The highest BCUT2D eigenvalue weighted by atomic mass is 35.5. The molecule has 1 aromatic carbocycles. The molecule has 1 amide bonds. The smallest absolute Gasteiger partial charge is 0.325 e. The summed E-state index contributed by atoms with van der Waals surface area (Å²) in [5.74, 6) is 0.823. The average molecular weight is 466 g/mol. The molecule has 0 saturated carbocycles. The third-order valence-electron chi connectivity index (χ3n) is 5.24. The van der Waals surface area contributed by atoms with E-state index in [4.69, 9.17) is 11.6 Å². The van der Waals surface area contributed by atoms with Crippen molar-refractivity contribution in [2.45, 2.75) is 44.9 Å². The fourth-order valence-corrected chi connectivity index (χ4v) is 3.89. The predicted octanol–water partition coefficient (Wildman–Crippen LogP) is 4.14. The van der Waals surface area contributed by atoms with Gasteiger partial charge in [-0.2, -0.15) is 13.2 Å². The Balaban J connectivity index is 1.56. The summed E-state index contributed by atoms with van der Waals surface area (Å²) < 4.78 is 41.5. The molecule has 7 nitrogen and oxygen atoms in total. The van der Waals surface area contributed by atoms with E-state index in [0.717, 1.165) is 50.3 Å². The van der Waals surface area contributed by atoms with Crippen molar-refractivity contribution in [1.29, 1.82) is 0 Å². The van der Waals surface area contributed by atoms with Crippen molar-refractivity contribution in [3.8, 4) is 11.4 Å². The average Bonchev–Trinajstić information content (AvgIpc) is 2.97. The van der Waals surface area contributed by atoms with E-state index in [2.05, 4.69) is 15.5 Å². The molecular formula is C21H19ClF3N5O2. The summed E-state index contributed by atoms with van der Waals surface area (Å²) in [7, 11) is 0. The molecule has 3 aromatic rings. The number of benzene rings is 1. The minimum absolute atomic E-state index is 0.375. The van der Waals surface area contributed by atoms with Crippen LogP contribution >= 0.6 is 11.6 Å². The van der Waals surface area contributed by atoms with Crippen molar-refractivity contribution in [2.75, 3.05) is 5.32 Å². The van der Waals surface area contributed by atoms with Gasteiger partial charge in [0.2, 0.25) is 5.91 Å². The summed E-state index contributed by atoms with van der Waals surface area (Å²) in [5, 5.41) is 11.6. The molecule has 0 spiro atoms. The maximum absolute atomic E-state index is 12.9. The topological polar surface area (TPSA) is 81.8 Å². The lowest BCUT2D eigenvalue weighted by Crippen LogP contribution is -2.31. The lowest BCUT2D eigenvalue weighted by molar-refractivity contribution is -0.139. The highest BCUT2D eigenvalue weighted by Gasteiger charge is 2.34. The van der Waals surface area contributed by atoms with Crippen LogP contribution in [-0.4, -0.2) is 25.2 Å². The third kappa shape index (κ3) is 4.55. The van der Waals surface area contributed by atoms with Crippen molar-refractivity contribution in [2.24, 2.45) is 0 Å². The summed E-state index contributed by atoms with van der Waals surface area (Å²) in [6.45, 7) is 0.199. The molecule has 0 fully saturated rings. The zero-order chi connectivity index (χ0) is 22.9. The number of aromatic nitrogens is 4. The first kappa shape index (κ1) is 22.1. The van der Waals surface area contributed by atoms with Crippen LogP contribution in [0.4, 0.5) is 18.9 Å². The second-order valence-electron chi connectivity index (χ2n) is 7.50. The molecule has 32 heavy (non-hydrogen) atoms. The highest BCUT2D eigenvalue weighted by Crippen LogP contribution is 2.31. The molecule has 168 valence electrons. The van der Waals surface area contributed by atoms with E-state index in [-0.39, 0.29) is 0 Å². The number of nitrogens with one attached hydrogen (secondary N) is 1. The summed E-state index contributed by atoms with van der Waals surface area (Å²) in [6, 6.07) is 6.57. The maximum atomic E-state index is 12.9. The molecule has 0 unspecified atom stereocenters. The Hall–Kier alpha value is -3.14. The van der Waals surface area contributed by atoms with Gasteiger partial charge in [-0.1, -0.05) is 18.0 Å². The van der Waals surface area contributed by atoms with Crippen LogP contribution in [0.25, 0.3) is 11.4 Å². The molecule has 0 radical (unpaired) electrons. The summed E-state index contributed by atoms with van der Waals surface area (Å²) >= 11 is 6.37. The van der Waals surface area contributed by atoms with E-state index in [1.165, 1.54) is 0 Å². The van der Waals surface area contributed by atoms with Crippen molar-refractivity contribution in [1.82, 2.24) is 19.3 Å². The number of anilines is 1. The minimum Gasteiger partial charge on any atom is -0.325 e. The molecular weight excluding hydrogens is 447 g/mol. The van der Waals surface area contributed by atoms with Crippen LogP contribution in [0.3, 0.4) is 0 Å². The van der Waals surface area contributed by atoms with E-state index in [9.17, 15) is 22.8 Å². The zero-order valence-corrected chi connectivity index (χ0v) is 17.6. The van der Waals surface area contributed by atoms with E-state index in [1.807, 2.05) is 4.57 Å². The van der Waals surface area contributed by atoms with Crippen LogP contribution in [0.1, 0.15) is 30.7 Å². The second kappa shape index (κ2) is 8.78. The van der Waals surface area contributed by atoms with Gasteiger partial charge in [-0.05, 0) is 43.2 Å². The van der Waals surface area contributed by atoms with Crippen LogP contribution < -0.4 is 10.9 Å². The minimum atomic E-state index is -4.79. The number of carbonyl (C=O) groups excluding carboxylic acids is 1. The van der Waals surface area contributed by atoms with Crippen molar-refractivity contribution in [3.05, 3.63) is 63.3 Å². The van der Waals surface area contributed by atoms with Gasteiger partial charge in [-0.3, -0.25) is 9.59 Å². The number of fused-ring (bicyclic) bond motifs is 1. The maximum Gasteiger partial charge on any atom is 0.421 e. The summed E-state index contributed by atoms with van der Waals surface area (Å²) in [5.41, 5.74) is -1.64. The lowest BCUT2D eigenvalue weighted by Gasteiger charge is -2.12. The van der Waals surface area contributed by atoms with Crippen molar-refractivity contribution >= 4 is 23.2 Å². The van der Waals surface area contributed by atoms with Crippen LogP contribution in [0.2, 0.25) is 5.02 Å². The Bertz CT molecular complexity index is 1220. The molecule has 0 aliphatic carbocycles. The summed E-state index contributed by atoms with van der Waals surface area (Å²) in [4.78, 5) is 24.5. The molecule has 0 atom stereocenters. The molecule has 11 heteroatoms. The number of hydrogen-bond donors (Lipinski definition) is 1. The van der Waals surface area contributed by atoms with Gasteiger partial charge in [0.15, 0.2) is 5.82 Å². The fourth-order valence-electron chi connectivity index (χ4n) is 3.69. The van der Waals surface area contributed by atoms with Gasteiger partial charge in [0.05, 0.1) is 5.02 Å². The van der Waals surface area contributed by atoms with Crippen molar-refractivity contribution in [3.63, 3.8) is 0 Å². The molecule has 0 saturated heterocycles. The molecule has 1 aliphatic rings. The standard InChI is InChI=1S/C21H19ClF3N5O2/c22-16-8-7-13(11-14(16)19-28-27-17-6-2-1-3-10-30(17)19)26-18(31)12-29-9-4-5-15(20(29)32)21(23,24)25/h4-5,7-9,11H,1-3,6,10,12H2,(H,26,31). The zero-order valence-electron chi connectivity index (χ0n) is 16.8. The van der Waals surface area contributed by atoms with Gasteiger partial charge in [-0.15, -0.1) is 10.2 Å². The Morgan fingerprint density at radius 3 is 2.75 bits per heavy atom. The normalized spacial score (nSPS) is 14.0. The monoisotopic (exact) mass is 465 g/mol. The Morgan fingerprint density at radius 2 is 1.97 bits per heavy atom. The SMILES string of the molecule is O=C(Cn1cccc(C(F)(F)F)c1=O)Nc1ccc(Cl)c(-c2nnc3n2CCCCC3)c1. The number of halogens is 4. The number of pyridine rings is 1. The summed E-state index contributed by atoms with van der Waals surface area (Å²) in [6.07, 6.45) is 0.302. The molecule has 3 heterocycles. The highest BCUT2D eigenvalue weighted by molar-refractivity contribution is 6.33. The number of hydrogen-bond acceptors (Lipinski definition) is 4. The van der Waals surface area contributed by atoms with Crippen LogP contribution in [0.5, 0.6) is 0 Å². The number of rotatable bonds is 4. The van der Waals surface area contributed by atoms with E-state index < -0.39 is 29.8 Å². The number of amides is 1. The van der Waals surface area contributed by atoms with E-state index >= 15 is 0 Å². The van der Waals surface area contributed by atoms with E-state index in [1.54, 1.807) is 18.2 Å². The quantitative estimate of drug-likeness (QED) is 0.627. The molecule has 1 N–H and O–H groups in total. The van der Waals surface area contributed by atoms with Gasteiger partial charge in [0.25, 0.3) is 5.56 Å². The lowest BCUT2D eigenvalue weighted by atomic mass is 10.1. The second-order valence-corrected chi connectivity index (χ2v) is 7.90. The largest absolute Gasteiger partial charge is 0.421 e. The van der Waals surface area contributed by atoms with Gasteiger partial charge < -0.3 is 14.5 Å². The number of nitrogens with zero attached hydrogens (tertiary/aromatic N) is 4. The first-order valence-electron chi connectivity index (χ1n) is 10.0. The van der Waals surface area contributed by atoms with Crippen LogP contribution in [-0.2, 0) is 30.5 Å². The Kier molecular flexibility index (Phi) is 6.05. The molecule has 1 aliphatic heterocycles. The number of alkyl halides is 3. The van der Waals surface area contributed by atoms with E-state index in [0.29, 0.717) is 32.7 Å². The Labute approximate surface area is 185 Å². The van der Waals surface area contributed by atoms with Gasteiger partial charge in [0.1, 0.15) is 17.9 Å². The predicted molar refractivity (Wildman–Crippen MR) is 112 cm³/mol. The van der Waals surface area contributed by atoms with Gasteiger partial charge in [0, 0.05) is 30.4 Å². The fraction of sp³-hybridized carbons (Fsp3) is 0.333. The molecule has 4 rings (SSSR count). The van der Waals surface area contributed by atoms with Crippen molar-refractivity contribution < 1.29 is 18.0 Å². The molecule has 2 aromatic heterocycles. The molecule has 0 bridgehead atoms.